The van der Waals surface area contributed by atoms with Gasteiger partial charge in [-0.3, -0.25) is 14.4 Å². The SMILES string of the molecule is CC/C=C\C/C=C\C/C=C\C/C=C\C/C=C\C/C=C\CCC(=O)OC(COC(=O)CCCCCCCC/C=C\C/C=C\C/C=C\CCCCC)COC(=O)CCCCCCCCCCCCCCC/C=C\CCCCCCCCCC. The predicted molar refractivity (Wildman–Crippen MR) is 353 cm³/mol. The van der Waals surface area contributed by atoms with Gasteiger partial charge in [0, 0.05) is 19.3 Å². The van der Waals surface area contributed by atoms with Crippen LogP contribution in [-0.2, 0) is 28.6 Å². The topological polar surface area (TPSA) is 78.9 Å². The summed E-state index contributed by atoms with van der Waals surface area (Å²) in [5, 5.41) is 0. The molecular weight excluding hydrogens is 997 g/mol. The van der Waals surface area contributed by atoms with Gasteiger partial charge in [-0.15, -0.1) is 0 Å². The summed E-state index contributed by atoms with van der Waals surface area (Å²) in [6.45, 7) is 6.45. The molecule has 0 radical (unpaired) electrons. The van der Waals surface area contributed by atoms with E-state index in [1.807, 2.05) is 6.08 Å². The van der Waals surface area contributed by atoms with Crippen LogP contribution in [0.3, 0.4) is 0 Å². The minimum atomic E-state index is -0.829. The Labute approximate surface area is 501 Å². The van der Waals surface area contributed by atoms with Crippen molar-refractivity contribution >= 4 is 17.9 Å². The number of carbonyl (C=O) groups excluding carboxylic acids is 3. The fourth-order valence-corrected chi connectivity index (χ4v) is 9.35. The molecule has 0 aliphatic heterocycles. The predicted octanol–water partition coefficient (Wildman–Crippen LogP) is 23.6. The van der Waals surface area contributed by atoms with Crippen molar-refractivity contribution in [2.45, 2.75) is 322 Å². The van der Waals surface area contributed by atoms with Gasteiger partial charge in [0.2, 0.25) is 0 Å². The first-order valence-electron chi connectivity index (χ1n) is 34.0. The third-order valence-corrected chi connectivity index (χ3v) is 14.4. The largest absolute Gasteiger partial charge is 0.462 e. The third-order valence-electron chi connectivity index (χ3n) is 14.4. The molecule has 0 aliphatic carbocycles. The first-order chi connectivity index (χ1) is 40.0. The van der Waals surface area contributed by atoms with E-state index in [2.05, 4.69) is 136 Å². The maximum atomic E-state index is 12.9. The summed E-state index contributed by atoms with van der Waals surface area (Å²) < 4.78 is 16.9. The Morgan fingerprint density at radius 3 is 0.840 bits per heavy atom. The van der Waals surface area contributed by atoms with Crippen molar-refractivity contribution in [3.63, 3.8) is 0 Å². The number of unbranched alkanes of at least 4 members (excludes halogenated alkanes) is 30. The molecular formula is C75H126O6. The van der Waals surface area contributed by atoms with Crippen LogP contribution in [0.1, 0.15) is 316 Å². The van der Waals surface area contributed by atoms with Crippen molar-refractivity contribution in [2.75, 3.05) is 13.2 Å². The van der Waals surface area contributed by atoms with Crippen molar-refractivity contribution in [3.05, 3.63) is 122 Å². The lowest BCUT2D eigenvalue weighted by atomic mass is 10.0. The Balaban J connectivity index is 4.45. The molecule has 1 atom stereocenters. The molecule has 0 saturated carbocycles. The second-order valence-corrected chi connectivity index (χ2v) is 22.3. The summed E-state index contributed by atoms with van der Waals surface area (Å²) in [5.74, 6) is -1.00. The Hall–Kier alpha value is -4.19. The summed E-state index contributed by atoms with van der Waals surface area (Å²) in [5.41, 5.74) is 0. The lowest BCUT2D eigenvalue weighted by Gasteiger charge is -2.18. The Bertz CT molecular complexity index is 1670. The molecule has 0 aromatic heterocycles. The normalized spacial score (nSPS) is 12.9. The van der Waals surface area contributed by atoms with Gasteiger partial charge in [-0.1, -0.05) is 296 Å². The zero-order valence-electron chi connectivity index (χ0n) is 53.0. The first kappa shape index (κ1) is 76.8. The smallest absolute Gasteiger partial charge is 0.306 e. The zero-order chi connectivity index (χ0) is 58.5. The van der Waals surface area contributed by atoms with E-state index >= 15 is 0 Å². The van der Waals surface area contributed by atoms with E-state index in [1.54, 1.807) is 0 Å². The molecule has 0 aromatic carbocycles. The molecule has 0 spiro atoms. The lowest BCUT2D eigenvalue weighted by molar-refractivity contribution is -0.166. The molecule has 1 unspecified atom stereocenters. The van der Waals surface area contributed by atoms with E-state index in [1.165, 1.54) is 167 Å². The van der Waals surface area contributed by atoms with E-state index in [-0.39, 0.29) is 31.6 Å². The standard InChI is InChI=1S/C75H126O6/c1-4-7-10-13-16-19-22-25-28-31-34-35-36-37-38-39-42-44-47-50-53-56-59-62-65-68-74(77)80-71-72(81-75(78)69-66-63-60-57-54-51-48-45-41-33-30-27-24-21-18-15-12-9-6-3)70-79-73(76)67-64-61-58-55-52-49-46-43-40-32-29-26-23-20-17-14-11-8-5-2/h9,12,17-18,20-21,26-27,29-31,34,40-41,43,45,51,54,60,63,72H,4-8,10-11,13-16,19,22-25,28,32-33,35-39,42,44,46-50,52-53,55-59,61-62,64-71H2,1-3H3/b12-9-,20-17-,21-18-,29-26-,30-27-,34-31-,43-40-,45-41-,54-51-,63-60-. The van der Waals surface area contributed by atoms with Crippen LogP contribution in [0, 0.1) is 0 Å². The van der Waals surface area contributed by atoms with E-state index in [0.29, 0.717) is 19.3 Å². The van der Waals surface area contributed by atoms with Crippen LogP contribution in [0.2, 0.25) is 0 Å². The van der Waals surface area contributed by atoms with Crippen LogP contribution in [0.15, 0.2) is 122 Å². The van der Waals surface area contributed by atoms with E-state index in [9.17, 15) is 14.4 Å². The number of carbonyl (C=O) groups is 3. The molecule has 0 amide bonds. The minimum absolute atomic E-state index is 0.114. The average molecular weight is 1120 g/mol. The third kappa shape index (κ3) is 66.5. The summed E-state index contributed by atoms with van der Waals surface area (Å²) in [7, 11) is 0. The average Bonchev–Trinajstić information content (AvgIpc) is 3.47. The van der Waals surface area contributed by atoms with Crippen molar-refractivity contribution in [3.8, 4) is 0 Å². The molecule has 81 heavy (non-hydrogen) atoms. The molecule has 0 saturated heterocycles. The highest BCUT2D eigenvalue weighted by molar-refractivity contribution is 5.71. The van der Waals surface area contributed by atoms with Gasteiger partial charge in [-0.05, 0) is 122 Å². The van der Waals surface area contributed by atoms with E-state index < -0.39 is 12.1 Å². The summed E-state index contributed by atoms with van der Waals surface area (Å²) in [6, 6.07) is 0. The highest BCUT2D eigenvalue weighted by atomic mass is 16.6. The minimum Gasteiger partial charge on any atom is -0.462 e. The van der Waals surface area contributed by atoms with Crippen LogP contribution >= 0.6 is 0 Å². The van der Waals surface area contributed by atoms with Crippen molar-refractivity contribution in [2.24, 2.45) is 0 Å². The number of allylic oxidation sites excluding steroid dienone is 20. The fourth-order valence-electron chi connectivity index (χ4n) is 9.35. The van der Waals surface area contributed by atoms with Gasteiger partial charge >= 0.3 is 17.9 Å². The molecule has 6 nitrogen and oxygen atoms in total. The van der Waals surface area contributed by atoms with Crippen molar-refractivity contribution in [1.29, 1.82) is 0 Å². The Morgan fingerprint density at radius 1 is 0.259 bits per heavy atom. The zero-order valence-corrected chi connectivity index (χ0v) is 53.0. The molecule has 0 bridgehead atoms. The first-order valence-corrected chi connectivity index (χ1v) is 34.0. The summed E-state index contributed by atoms with van der Waals surface area (Å²) >= 11 is 0. The molecule has 0 aliphatic rings. The van der Waals surface area contributed by atoms with Gasteiger partial charge in [0.15, 0.2) is 6.10 Å². The van der Waals surface area contributed by atoms with Crippen molar-refractivity contribution < 1.29 is 28.6 Å². The van der Waals surface area contributed by atoms with E-state index in [0.717, 1.165) is 103 Å². The lowest BCUT2D eigenvalue weighted by Crippen LogP contribution is -2.30. The number of esters is 3. The molecule has 0 rings (SSSR count). The quantitative estimate of drug-likeness (QED) is 0.0261. The monoisotopic (exact) mass is 1120 g/mol. The highest BCUT2D eigenvalue weighted by Crippen LogP contribution is 2.16. The van der Waals surface area contributed by atoms with Crippen molar-refractivity contribution in [1.82, 2.24) is 0 Å². The van der Waals surface area contributed by atoms with Crippen LogP contribution < -0.4 is 0 Å². The Morgan fingerprint density at radius 2 is 0.506 bits per heavy atom. The van der Waals surface area contributed by atoms with Crippen LogP contribution in [0.25, 0.3) is 0 Å². The highest BCUT2D eigenvalue weighted by Gasteiger charge is 2.19. The second kappa shape index (κ2) is 68.3. The van der Waals surface area contributed by atoms with Crippen LogP contribution in [-0.4, -0.2) is 37.2 Å². The maximum Gasteiger partial charge on any atom is 0.306 e. The summed E-state index contributed by atoms with van der Waals surface area (Å²) in [4.78, 5) is 38.4. The number of hydrogen-bond donors (Lipinski definition) is 0. The summed E-state index contributed by atoms with van der Waals surface area (Å²) in [6.07, 6.45) is 95.1. The molecule has 6 heteroatoms. The van der Waals surface area contributed by atoms with Gasteiger partial charge in [0.25, 0.3) is 0 Å². The molecule has 0 fully saturated rings. The van der Waals surface area contributed by atoms with Gasteiger partial charge in [-0.25, -0.2) is 0 Å². The van der Waals surface area contributed by atoms with E-state index in [4.69, 9.17) is 14.2 Å². The van der Waals surface area contributed by atoms with Crippen LogP contribution in [0.4, 0.5) is 0 Å². The number of hydrogen-bond acceptors (Lipinski definition) is 6. The second-order valence-electron chi connectivity index (χ2n) is 22.3. The number of ether oxygens (including phenoxy) is 3. The molecule has 0 aromatic rings. The van der Waals surface area contributed by atoms with Gasteiger partial charge < -0.3 is 14.2 Å². The Kier molecular flexibility index (Phi) is 64.8. The van der Waals surface area contributed by atoms with Gasteiger partial charge in [0.1, 0.15) is 13.2 Å². The van der Waals surface area contributed by atoms with Crippen LogP contribution in [0.5, 0.6) is 0 Å². The molecule has 0 heterocycles. The van der Waals surface area contributed by atoms with Gasteiger partial charge in [-0.2, -0.15) is 0 Å². The maximum absolute atomic E-state index is 12.9. The fraction of sp³-hybridized carbons (Fsp3) is 0.693. The molecule has 462 valence electrons. The number of rotatable bonds is 61. The van der Waals surface area contributed by atoms with Gasteiger partial charge in [0.05, 0.1) is 0 Å². The molecule has 0 N–H and O–H groups in total.